The highest BCUT2D eigenvalue weighted by molar-refractivity contribution is 5.32. The molecule has 0 amide bonds. The summed E-state index contributed by atoms with van der Waals surface area (Å²) in [5.41, 5.74) is 0.358. The van der Waals surface area contributed by atoms with E-state index in [0.717, 1.165) is 24.2 Å². The Bertz CT molecular complexity index is 410. The van der Waals surface area contributed by atoms with Crippen molar-refractivity contribution in [1.29, 1.82) is 0 Å². The van der Waals surface area contributed by atoms with Gasteiger partial charge in [0.15, 0.2) is 0 Å². The van der Waals surface area contributed by atoms with Gasteiger partial charge in [-0.15, -0.1) is 0 Å². The maximum atomic E-state index is 11.0. The van der Waals surface area contributed by atoms with Gasteiger partial charge in [0.25, 0.3) is 0 Å². The highest BCUT2D eigenvalue weighted by Gasteiger charge is 2.40. The van der Waals surface area contributed by atoms with Gasteiger partial charge in [-0.3, -0.25) is 0 Å². The first-order valence-electron chi connectivity index (χ1n) is 7.41. The first-order chi connectivity index (χ1) is 8.91. The summed E-state index contributed by atoms with van der Waals surface area (Å²) in [6, 6.07) is 7.98. The van der Waals surface area contributed by atoms with Gasteiger partial charge >= 0.3 is 0 Å². The molecule has 106 valence electrons. The Balaban J connectivity index is 2.20. The molecule has 1 saturated carbocycles. The molecule has 19 heavy (non-hydrogen) atoms. The third kappa shape index (κ3) is 3.11. The van der Waals surface area contributed by atoms with E-state index in [9.17, 15) is 5.11 Å². The molecule has 0 aliphatic heterocycles. The summed E-state index contributed by atoms with van der Waals surface area (Å²) < 4.78 is 5.66. The second kappa shape index (κ2) is 5.54. The summed E-state index contributed by atoms with van der Waals surface area (Å²) in [4.78, 5) is 0. The summed E-state index contributed by atoms with van der Waals surface area (Å²) in [5.74, 6) is 1.78. The van der Waals surface area contributed by atoms with E-state index >= 15 is 0 Å². The first-order valence-corrected chi connectivity index (χ1v) is 7.41. The molecule has 1 aromatic carbocycles. The molecule has 1 aliphatic rings. The molecule has 3 atom stereocenters. The van der Waals surface area contributed by atoms with Gasteiger partial charge in [-0.2, -0.15) is 0 Å². The third-order valence-corrected chi connectivity index (χ3v) is 4.29. The van der Waals surface area contributed by atoms with Crippen LogP contribution in [-0.2, 0) is 5.60 Å². The third-order valence-electron chi connectivity index (χ3n) is 4.29. The lowest BCUT2D eigenvalue weighted by Crippen LogP contribution is -2.39. The zero-order valence-electron chi connectivity index (χ0n) is 12.5. The Labute approximate surface area is 116 Å². The minimum absolute atomic E-state index is 0.183. The number of hydrogen-bond donors (Lipinski definition) is 1. The molecule has 1 aromatic rings. The Morgan fingerprint density at radius 3 is 2.37 bits per heavy atom. The maximum Gasteiger partial charge on any atom is 0.119 e. The minimum atomic E-state index is -0.673. The number of aliphatic hydroxyl groups is 1. The zero-order chi connectivity index (χ0) is 14.0. The molecule has 2 nitrogen and oxygen atoms in total. The van der Waals surface area contributed by atoms with Crippen LogP contribution in [0.3, 0.4) is 0 Å². The Morgan fingerprint density at radius 1 is 1.16 bits per heavy atom. The molecule has 0 heterocycles. The predicted molar refractivity (Wildman–Crippen MR) is 78.3 cm³/mol. The van der Waals surface area contributed by atoms with Crippen molar-refractivity contribution in [2.24, 2.45) is 11.8 Å². The maximum absolute atomic E-state index is 11.0. The van der Waals surface area contributed by atoms with Crippen LogP contribution >= 0.6 is 0 Å². The molecule has 1 N–H and O–H groups in total. The minimum Gasteiger partial charge on any atom is -0.491 e. The molecule has 2 rings (SSSR count). The SMILES string of the molecule is CC1CCC(C)C(O)(c2ccc(OC(C)C)cc2)C1. The normalized spacial score (nSPS) is 31.5. The van der Waals surface area contributed by atoms with Crippen molar-refractivity contribution in [3.05, 3.63) is 29.8 Å². The Kier molecular flexibility index (Phi) is 4.19. The fourth-order valence-corrected chi connectivity index (χ4v) is 3.10. The molecule has 1 fully saturated rings. The molecule has 0 spiro atoms. The van der Waals surface area contributed by atoms with Crippen molar-refractivity contribution < 1.29 is 9.84 Å². The summed E-state index contributed by atoms with van der Waals surface area (Å²) in [6.07, 6.45) is 3.36. The van der Waals surface area contributed by atoms with Crippen LogP contribution in [0.15, 0.2) is 24.3 Å². The smallest absolute Gasteiger partial charge is 0.119 e. The molecule has 0 saturated heterocycles. The number of benzene rings is 1. The second-order valence-corrected chi connectivity index (χ2v) is 6.40. The molecule has 0 aromatic heterocycles. The van der Waals surface area contributed by atoms with E-state index in [0.29, 0.717) is 11.8 Å². The fraction of sp³-hybridized carbons (Fsp3) is 0.647. The number of hydrogen-bond acceptors (Lipinski definition) is 2. The molecule has 2 heteroatoms. The van der Waals surface area contributed by atoms with Crippen molar-refractivity contribution >= 4 is 0 Å². The van der Waals surface area contributed by atoms with Crippen molar-refractivity contribution in [2.75, 3.05) is 0 Å². The van der Waals surface area contributed by atoms with Crippen LogP contribution < -0.4 is 4.74 Å². The van der Waals surface area contributed by atoms with Crippen molar-refractivity contribution in [3.8, 4) is 5.75 Å². The van der Waals surface area contributed by atoms with Gasteiger partial charge < -0.3 is 9.84 Å². The van der Waals surface area contributed by atoms with Crippen LogP contribution in [0.25, 0.3) is 0 Å². The van der Waals surface area contributed by atoms with E-state index < -0.39 is 5.60 Å². The van der Waals surface area contributed by atoms with Crippen molar-refractivity contribution in [2.45, 2.75) is 58.7 Å². The molecule has 0 bridgehead atoms. The van der Waals surface area contributed by atoms with E-state index in [1.807, 2.05) is 38.1 Å². The number of ether oxygens (including phenoxy) is 1. The molecule has 3 unspecified atom stereocenters. The average Bonchev–Trinajstić information content (AvgIpc) is 2.34. The van der Waals surface area contributed by atoms with E-state index in [1.165, 1.54) is 6.42 Å². The van der Waals surface area contributed by atoms with Crippen molar-refractivity contribution in [1.82, 2.24) is 0 Å². The molecule has 1 aliphatic carbocycles. The predicted octanol–water partition coefficient (Wildman–Crippen LogP) is 4.12. The zero-order valence-corrected chi connectivity index (χ0v) is 12.5. The quantitative estimate of drug-likeness (QED) is 0.888. The fourth-order valence-electron chi connectivity index (χ4n) is 3.10. The van der Waals surface area contributed by atoms with Gasteiger partial charge in [0, 0.05) is 0 Å². The lowest BCUT2D eigenvalue weighted by molar-refractivity contribution is -0.0627. The van der Waals surface area contributed by atoms with Gasteiger partial charge in [-0.05, 0) is 56.2 Å². The van der Waals surface area contributed by atoms with Crippen LogP contribution in [0.1, 0.15) is 52.5 Å². The highest BCUT2D eigenvalue weighted by Crippen LogP contribution is 2.44. The summed E-state index contributed by atoms with van der Waals surface area (Å²) in [6.45, 7) is 8.43. The van der Waals surface area contributed by atoms with E-state index in [1.54, 1.807) is 0 Å². The van der Waals surface area contributed by atoms with Crippen LogP contribution in [-0.4, -0.2) is 11.2 Å². The second-order valence-electron chi connectivity index (χ2n) is 6.40. The van der Waals surface area contributed by atoms with Gasteiger partial charge in [0.1, 0.15) is 5.75 Å². The highest BCUT2D eigenvalue weighted by atomic mass is 16.5. The van der Waals surface area contributed by atoms with Crippen LogP contribution in [0, 0.1) is 11.8 Å². The summed E-state index contributed by atoms with van der Waals surface area (Å²) in [7, 11) is 0. The largest absolute Gasteiger partial charge is 0.491 e. The standard InChI is InChI=1S/C17H26O2/c1-12(2)19-16-9-7-15(8-10-16)17(18)11-13(3)5-6-14(17)4/h7-10,12-14,18H,5-6,11H2,1-4H3. The number of rotatable bonds is 3. The first kappa shape index (κ1) is 14.4. The molecule has 0 radical (unpaired) electrons. The lowest BCUT2D eigenvalue weighted by Gasteiger charge is -2.41. The monoisotopic (exact) mass is 262 g/mol. The topological polar surface area (TPSA) is 29.5 Å². The van der Waals surface area contributed by atoms with Crippen LogP contribution in [0.4, 0.5) is 0 Å². The van der Waals surface area contributed by atoms with Crippen LogP contribution in [0.5, 0.6) is 5.75 Å². The molecular weight excluding hydrogens is 236 g/mol. The van der Waals surface area contributed by atoms with Gasteiger partial charge in [0.2, 0.25) is 0 Å². The van der Waals surface area contributed by atoms with Gasteiger partial charge in [-0.25, -0.2) is 0 Å². The van der Waals surface area contributed by atoms with Crippen molar-refractivity contribution in [3.63, 3.8) is 0 Å². The van der Waals surface area contributed by atoms with E-state index in [2.05, 4.69) is 13.8 Å². The lowest BCUT2D eigenvalue weighted by atomic mass is 9.69. The van der Waals surface area contributed by atoms with Gasteiger partial charge in [-0.1, -0.05) is 32.4 Å². The summed E-state index contributed by atoms with van der Waals surface area (Å²) in [5, 5.41) is 11.0. The summed E-state index contributed by atoms with van der Waals surface area (Å²) >= 11 is 0. The van der Waals surface area contributed by atoms with Gasteiger partial charge in [0.05, 0.1) is 11.7 Å². The molecular formula is C17H26O2. The average molecular weight is 262 g/mol. The van der Waals surface area contributed by atoms with E-state index in [-0.39, 0.29) is 6.10 Å². The van der Waals surface area contributed by atoms with E-state index in [4.69, 9.17) is 4.74 Å². The van der Waals surface area contributed by atoms with Crippen LogP contribution in [0.2, 0.25) is 0 Å². The Morgan fingerprint density at radius 2 is 1.79 bits per heavy atom. The Hall–Kier alpha value is -1.02.